The van der Waals surface area contributed by atoms with Gasteiger partial charge in [-0.15, -0.1) is 0 Å². The fourth-order valence-electron chi connectivity index (χ4n) is 1.77. The van der Waals surface area contributed by atoms with E-state index in [1.807, 2.05) is 6.92 Å². The largest absolute Gasteiger partial charge is 0.296 e. The van der Waals surface area contributed by atoms with Crippen LogP contribution >= 0.6 is 23.2 Å². The van der Waals surface area contributed by atoms with Gasteiger partial charge in [-0.3, -0.25) is 4.18 Å². The van der Waals surface area contributed by atoms with Gasteiger partial charge in [0.1, 0.15) is 0 Å². The van der Waals surface area contributed by atoms with Crippen LogP contribution in [-0.2, 0) is 20.7 Å². The molecule has 0 atom stereocenters. The van der Waals surface area contributed by atoms with Crippen LogP contribution in [0.25, 0.3) is 0 Å². The smallest absolute Gasteiger partial charge is 0.266 e. The summed E-state index contributed by atoms with van der Waals surface area (Å²) in [5.74, 6) is 0. The second-order valence-electron chi connectivity index (χ2n) is 4.57. The van der Waals surface area contributed by atoms with Crippen LogP contribution in [-0.4, -0.2) is 15.0 Å². The molecule has 0 saturated heterocycles. The number of hydrogen-bond donors (Lipinski definition) is 0. The van der Waals surface area contributed by atoms with Gasteiger partial charge in [0.15, 0.2) is 0 Å². The van der Waals surface area contributed by atoms with Crippen LogP contribution in [0.4, 0.5) is 0 Å². The van der Waals surface area contributed by atoms with Crippen molar-refractivity contribution in [3.8, 4) is 0 Å². The highest BCUT2D eigenvalue weighted by Crippen LogP contribution is 2.21. The van der Waals surface area contributed by atoms with E-state index in [1.165, 1.54) is 12.1 Å². The lowest BCUT2D eigenvalue weighted by molar-refractivity contribution is 0.322. The zero-order valence-corrected chi connectivity index (χ0v) is 13.7. The van der Waals surface area contributed by atoms with Crippen molar-refractivity contribution in [1.29, 1.82) is 0 Å². The average Bonchev–Trinajstić information content (AvgIpc) is 2.43. The molecular weight excluding hydrogens is 331 g/mol. The number of halogens is 2. The van der Waals surface area contributed by atoms with E-state index < -0.39 is 10.1 Å². The Labute approximate surface area is 134 Å². The summed E-state index contributed by atoms with van der Waals surface area (Å²) in [5, 5.41) is 1.09. The fraction of sp³-hybridized carbons (Fsp3) is 0.200. The maximum absolute atomic E-state index is 12.0. The van der Waals surface area contributed by atoms with E-state index in [1.54, 1.807) is 30.3 Å². The first-order valence-corrected chi connectivity index (χ1v) is 8.45. The van der Waals surface area contributed by atoms with Crippen molar-refractivity contribution in [1.82, 2.24) is 0 Å². The van der Waals surface area contributed by atoms with E-state index in [0.29, 0.717) is 16.5 Å². The number of benzene rings is 2. The Morgan fingerprint density at radius 2 is 1.71 bits per heavy atom. The first-order chi connectivity index (χ1) is 9.88. The summed E-state index contributed by atoms with van der Waals surface area (Å²) in [6.07, 6.45) is 0.366. The monoisotopic (exact) mass is 344 g/mol. The van der Waals surface area contributed by atoms with Gasteiger partial charge < -0.3 is 0 Å². The topological polar surface area (TPSA) is 43.4 Å². The van der Waals surface area contributed by atoms with Gasteiger partial charge in [0, 0.05) is 10.0 Å². The van der Waals surface area contributed by atoms with Crippen molar-refractivity contribution in [2.45, 2.75) is 18.2 Å². The summed E-state index contributed by atoms with van der Waals surface area (Å²) in [5.41, 5.74) is 1.74. The van der Waals surface area contributed by atoms with Gasteiger partial charge in [-0.1, -0.05) is 40.9 Å². The molecule has 2 aromatic carbocycles. The molecule has 3 nitrogen and oxygen atoms in total. The molecule has 0 unspecified atom stereocenters. The molecule has 0 aliphatic rings. The van der Waals surface area contributed by atoms with Crippen LogP contribution in [0.2, 0.25) is 10.0 Å². The first-order valence-electron chi connectivity index (χ1n) is 6.28. The Morgan fingerprint density at radius 1 is 1.05 bits per heavy atom. The third-order valence-corrected chi connectivity index (χ3v) is 4.86. The van der Waals surface area contributed by atoms with Gasteiger partial charge >= 0.3 is 0 Å². The van der Waals surface area contributed by atoms with Gasteiger partial charge in [-0.2, -0.15) is 8.42 Å². The number of hydrogen-bond acceptors (Lipinski definition) is 3. The zero-order chi connectivity index (χ0) is 15.5. The lowest BCUT2D eigenvalue weighted by Gasteiger charge is -2.07. The third kappa shape index (κ3) is 4.45. The van der Waals surface area contributed by atoms with Crippen molar-refractivity contribution >= 4 is 33.3 Å². The molecule has 0 aromatic heterocycles. The third-order valence-electron chi connectivity index (χ3n) is 2.93. The van der Waals surface area contributed by atoms with Crippen LogP contribution in [0.5, 0.6) is 0 Å². The van der Waals surface area contributed by atoms with E-state index in [2.05, 4.69) is 0 Å². The lowest BCUT2D eigenvalue weighted by atomic mass is 10.2. The van der Waals surface area contributed by atoms with Crippen molar-refractivity contribution in [2.24, 2.45) is 0 Å². The van der Waals surface area contributed by atoms with Crippen molar-refractivity contribution in [3.05, 3.63) is 63.6 Å². The zero-order valence-electron chi connectivity index (χ0n) is 11.3. The molecule has 0 radical (unpaired) electrons. The highest BCUT2D eigenvalue weighted by atomic mass is 35.5. The second-order valence-corrected chi connectivity index (χ2v) is 7.03. The molecule has 0 fully saturated rings. The molecule has 0 N–H and O–H groups in total. The van der Waals surface area contributed by atoms with Crippen LogP contribution in [0.15, 0.2) is 47.4 Å². The molecule has 0 bridgehead atoms. The molecule has 0 amide bonds. The van der Waals surface area contributed by atoms with E-state index in [4.69, 9.17) is 27.4 Å². The molecule has 2 aromatic rings. The Kier molecular flexibility index (Phi) is 5.27. The molecule has 0 heterocycles. The standard InChI is InChI=1S/C15H14Cl2O3S/c1-11-2-5-14(6-3-11)21(18,19)20-9-8-12-10-13(16)4-7-15(12)17/h2-7,10H,8-9H2,1H3. The van der Waals surface area contributed by atoms with Crippen LogP contribution in [0.3, 0.4) is 0 Å². The average molecular weight is 345 g/mol. The van der Waals surface area contributed by atoms with Crippen LogP contribution < -0.4 is 0 Å². The van der Waals surface area contributed by atoms with E-state index in [9.17, 15) is 8.42 Å². The van der Waals surface area contributed by atoms with Crippen LogP contribution in [0.1, 0.15) is 11.1 Å². The Bertz CT molecular complexity index is 725. The van der Waals surface area contributed by atoms with Crippen molar-refractivity contribution in [2.75, 3.05) is 6.61 Å². The van der Waals surface area contributed by atoms with E-state index in [0.717, 1.165) is 11.1 Å². The molecule has 0 aliphatic carbocycles. The molecule has 2 rings (SSSR count). The minimum atomic E-state index is -3.75. The SMILES string of the molecule is Cc1ccc(S(=O)(=O)OCCc2cc(Cl)ccc2Cl)cc1. The predicted octanol–water partition coefficient (Wildman–Crippen LogP) is 4.25. The minimum Gasteiger partial charge on any atom is -0.266 e. The lowest BCUT2D eigenvalue weighted by Crippen LogP contribution is -2.09. The highest BCUT2D eigenvalue weighted by molar-refractivity contribution is 7.86. The van der Waals surface area contributed by atoms with Gasteiger partial charge in [0.05, 0.1) is 11.5 Å². The quantitative estimate of drug-likeness (QED) is 0.761. The number of rotatable bonds is 5. The first kappa shape index (κ1) is 16.3. The van der Waals surface area contributed by atoms with Gasteiger partial charge in [-0.05, 0) is 49.2 Å². The fourth-order valence-corrected chi connectivity index (χ4v) is 3.08. The highest BCUT2D eigenvalue weighted by Gasteiger charge is 2.15. The maximum Gasteiger partial charge on any atom is 0.296 e. The summed E-state index contributed by atoms with van der Waals surface area (Å²) >= 11 is 11.9. The summed E-state index contributed by atoms with van der Waals surface area (Å²) in [6.45, 7) is 1.90. The second kappa shape index (κ2) is 6.79. The summed E-state index contributed by atoms with van der Waals surface area (Å²) in [6, 6.07) is 11.6. The van der Waals surface area contributed by atoms with E-state index in [-0.39, 0.29) is 11.5 Å². The normalized spacial score (nSPS) is 11.6. The summed E-state index contributed by atoms with van der Waals surface area (Å²) in [4.78, 5) is 0.144. The molecule has 0 aliphatic heterocycles. The van der Waals surface area contributed by atoms with Crippen molar-refractivity contribution < 1.29 is 12.6 Å². The molecule has 112 valence electrons. The summed E-state index contributed by atoms with van der Waals surface area (Å²) in [7, 11) is -3.75. The molecule has 6 heteroatoms. The number of aryl methyl sites for hydroxylation is 1. The van der Waals surface area contributed by atoms with Gasteiger partial charge in [-0.25, -0.2) is 0 Å². The molecule has 21 heavy (non-hydrogen) atoms. The molecular formula is C15H14Cl2O3S. The Balaban J connectivity index is 2.02. The van der Waals surface area contributed by atoms with Gasteiger partial charge in [0.2, 0.25) is 0 Å². The summed E-state index contributed by atoms with van der Waals surface area (Å²) < 4.78 is 29.0. The van der Waals surface area contributed by atoms with E-state index >= 15 is 0 Å². The molecule has 0 spiro atoms. The van der Waals surface area contributed by atoms with Crippen molar-refractivity contribution in [3.63, 3.8) is 0 Å². The minimum absolute atomic E-state index is 0.0102. The molecule has 0 saturated carbocycles. The maximum atomic E-state index is 12.0. The Morgan fingerprint density at radius 3 is 2.38 bits per heavy atom. The Hall–Kier alpha value is -1.07. The van der Waals surface area contributed by atoms with Gasteiger partial charge in [0.25, 0.3) is 10.1 Å². The van der Waals surface area contributed by atoms with Crippen LogP contribution in [0, 0.1) is 6.92 Å². The predicted molar refractivity (Wildman–Crippen MR) is 84.5 cm³/mol.